The Morgan fingerprint density at radius 2 is 1.95 bits per heavy atom. The maximum absolute atomic E-state index is 12.7. The van der Waals surface area contributed by atoms with Crippen LogP contribution in [0.15, 0.2) is 53.1 Å². The molecule has 0 aliphatic heterocycles. The zero-order chi connectivity index (χ0) is 14.4. The van der Waals surface area contributed by atoms with Gasteiger partial charge >= 0.3 is 0 Å². The van der Waals surface area contributed by atoms with Crippen LogP contribution in [0.5, 0.6) is 0 Å². The molecule has 0 radical (unpaired) electrons. The summed E-state index contributed by atoms with van der Waals surface area (Å²) in [5.41, 5.74) is 3.19. The first-order valence-corrected chi connectivity index (χ1v) is 7.28. The molecule has 0 unspecified atom stereocenters. The van der Waals surface area contributed by atoms with E-state index in [1.807, 2.05) is 42.5 Å². The van der Waals surface area contributed by atoms with Gasteiger partial charge in [0.2, 0.25) is 5.78 Å². The normalized spacial score (nSPS) is 11.3. The molecule has 102 valence electrons. The zero-order valence-electron chi connectivity index (χ0n) is 10.9. The zero-order valence-corrected chi connectivity index (χ0v) is 12.4. The molecule has 5 heteroatoms. The van der Waals surface area contributed by atoms with Gasteiger partial charge in [-0.3, -0.25) is 4.79 Å². The molecule has 0 amide bonds. The molecular formula is C16H10BrN3O. The van der Waals surface area contributed by atoms with Crippen LogP contribution in [0.1, 0.15) is 16.2 Å². The second kappa shape index (κ2) is 4.56. The lowest BCUT2D eigenvalue weighted by Gasteiger charge is -1.96. The molecule has 0 saturated heterocycles. The molecule has 0 spiro atoms. The molecule has 2 N–H and O–H groups in total. The van der Waals surface area contributed by atoms with Crippen LogP contribution in [-0.4, -0.2) is 20.7 Å². The number of rotatable bonds is 2. The minimum Gasteiger partial charge on any atom is -0.360 e. The van der Waals surface area contributed by atoms with E-state index in [0.29, 0.717) is 11.4 Å². The number of benzene rings is 2. The summed E-state index contributed by atoms with van der Waals surface area (Å²) in [6.45, 7) is 0. The number of nitrogens with zero attached hydrogens (tertiary/aromatic N) is 1. The molecular weight excluding hydrogens is 330 g/mol. The third-order valence-corrected chi connectivity index (χ3v) is 4.17. The number of halogens is 1. The van der Waals surface area contributed by atoms with Crippen LogP contribution in [0.3, 0.4) is 0 Å². The molecule has 0 aliphatic carbocycles. The van der Waals surface area contributed by atoms with Gasteiger partial charge in [0.25, 0.3) is 0 Å². The van der Waals surface area contributed by atoms with Crippen molar-refractivity contribution in [1.29, 1.82) is 0 Å². The van der Waals surface area contributed by atoms with Gasteiger partial charge in [0.1, 0.15) is 0 Å². The highest BCUT2D eigenvalue weighted by Crippen LogP contribution is 2.27. The number of carbonyl (C=O) groups is 1. The number of H-pyrrole nitrogens is 2. The lowest BCUT2D eigenvalue weighted by Crippen LogP contribution is -2.02. The third kappa shape index (κ3) is 1.89. The fraction of sp³-hybridized carbons (Fsp3) is 0. The van der Waals surface area contributed by atoms with Crippen molar-refractivity contribution in [3.05, 3.63) is 64.5 Å². The van der Waals surface area contributed by atoms with Crippen molar-refractivity contribution in [3.63, 3.8) is 0 Å². The van der Waals surface area contributed by atoms with Crippen LogP contribution in [0.2, 0.25) is 0 Å². The maximum Gasteiger partial charge on any atom is 0.230 e. The van der Waals surface area contributed by atoms with Crippen LogP contribution in [0.25, 0.3) is 21.9 Å². The van der Waals surface area contributed by atoms with Crippen molar-refractivity contribution in [2.75, 3.05) is 0 Å². The monoisotopic (exact) mass is 339 g/mol. The van der Waals surface area contributed by atoms with Gasteiger partial charge < -0.3 is 9.97 Å². The molecule has 2 heterocycles. The van der Waals surface area contributed by atoms with Crippen LogP contribution >= 0.6 is 15.9 Å². The molecule has 0 aliphatic rings. The third-order valence-electron chi connectivity index (χ3n) is 3.51. The Morgan fingerprint density at radius 3 is 2.81 bits per heavy atom. The van der Waals surface area contributed by atoms with Gasteiger partial charge in [-0.25, -0.2) is 4.98 Å². The Bertz CT molecular complexity index is 950. The number of nitrogens with one attached hydrogen (secondary N) is 2. The Hall–Kier alpha value is -2.40. The number of aromatic amines is 2. The predicted octanol–water partition coefficient (Wildman–Crippen LogP) is 4.04. The standard InChI is InChI=1S/C16H10BrN3O/c17-11-5-3-4-9-10(8-18-14(9)11)15(21)16-19-12-6-1-2-7-13(12)20-16/h1-8,18H,(H,19,20). The lowest BCUT2D eigenvalue weighted by molar-refractivity contribution is 0.103. The van der Waals surface area contributed by atoms with E-state index in [1.165, 1.54) is 0 Å². The molecule has 2 aromatic carbocycles. The number of aromatic nitrogens is 3. The predicted molar refractivity (Wildman–Crippen MR) is 85.5 cm³/mol. The summed E-state index contributed by atoms with van der Waals surface area (Å²) in [4.78, 5) is 23.2. The molecule has 2 aromatic heterocycles. The van der Waals surface area contributed by atoms with E-state index in [9.17, 15) is 4.79 Å². The SMILES string of the molecule is O=C(c1nc2ccccc2[nH]1)c1c[nH]c2c(Br)cccc12. The molecule has 21 heavy (non-hydrogen) atoms. The first-order valence-electron chi connectivity index (χ1n) is 6.49. The summed E-state index contributed by atoms with van der Waals surface area (Å²) in [7, 11) is 0. The summed E-state index contributed by atoms with van der Waals surface area (Å²) >= 11 is 3.48. The van der Waals surface area contributed by atoms with E-state index in [0.717, 1.165) is 26.4 Å². The van der Waals surface area contributed by atoms with Gasteiger partial charge in [-0.1, -0.05) is 24.3 Å². The molecule has 0 fully saturated rings. The van der Waals surface area contributed by atoms with Crippen LogP contribution in [0, 0.1) is 0 Å². The molecule has 4 aromatic rings. The van der Waals surface area contributed by atoms with Gasteiger partial charge in [0.15, 0.2) is 5.82 Å². The average molecular weight is 340 g/mol. The van der Waals surface area contributed by atoms with Gasteiger partial charge in [-0.15, -0.1) is 0 Å². The van der Waals surface area contributed by atoms with Gasteiger partial charge in [-0.05, 0) is 34.1 Å². The Morgan fingerprint density at radius 1 is 1.10 bits per heavy atom. The Kier molecular flexibility index (Phi) is 2.68. The number of hydrogen-bond donors (Lipinski definition) is 2. The van der Waals surface area contributed by atoms with E-state index in [4.69, 9.17) is 0 Å². The molecule has 0 atom stereocenters. The number of para-hydroxylation sites is 3. The van der Waals surface area contributed by atoms with Crippen molar-refractivity contribution in [2.45, 2.75) is 0 Å². The number of fused-ring (bicyclic) bond motifs is 2. The number of imidazole rings is 1. The van der Waals surface area contributed by atoms with Crippen LogP contribution < -0.4 is 0 Å². The summed E-state index contributed by atoms with van der Waals surface area (Å²) in [5.74, 6) is 0.243. The van der Waals surface area contributed by atoms with Crippen LogP contribution in [0.4, 0.5) is 0 Å². The quantitative estimate of drug-likeness (QED) is 0.541. The summed E-state index contributed by atoms with van der Waals surface area (Å²) < 4.78 is 0.934. The fourth-order valence-electron chi connectivity index (χ4n) is 2.49. The largest absolute Gasteiger partial charge is 0.360 e. The van der Waals surface area contributed by atoms with Crippen molar-refractivity contribution < 1.29 is 4.79 Å². The van der Waals surface area contributed by atoms with Gasteiger partial charge in [0.05, 0.1) is 22.1 Å². The highest BCUT2D eigenvalue weighted by atomic mass is 79.9. The highest BCUT2D eigenvalue weighted by Gasteiger charge is 2.18. The van der Waals surface area contributed by atoms with Gasteiger partial charge in [-0.2, -0.15) is 0 Å². The topological polar surface area (TPSA) is 61.5 Å². The number of hydrogen-bond acceptors (Lipinski definition) is 2. The van der Waals surface area contributed by atoms with E-state index in [2.05, 4.69) is 30.9 Å². The molecule has 4 nitrogen and oxygen atoms in total. The molecule has 4 rings (SSSR count). The van der Waals surface area contributed by atoms with Crippen molar-refractivity contribution >= 4 is 43.6 Å². The van der Waals surface area contributed by atoms with E-state index in [-0.39, 0.29) is 5.78 Å². The van der Waals surface area contributed by atoms with Crippen molar-refractivity contribution in [3.8, 4) is 0 Å². The number of carbonyl (C=O) groups excluding carboxylic acids is 1. The number of ketones is 1. The first kappa shape index (κ1) is 12.3. The van der Waals surface area contributed by atoms with E-state index >= 15 is 0 Å². The smallest absolute Gasteiger partial charge is 0.230 e. The Labute approximate surface area is 128 Å². The Balaban J connectivity index is 1.88. The summed E-state index contributed by atoms with van der Waals surface area (Å²) in [6.07, 6.45) is 1.73. The molecule has 0 bridgehead atoms. The van der Waals surface area contributed by atoms with Gasteiger partial charge in [0, 0.05) is 16.1 Å². The highest BCUT2D eigenvalue weighted by molar-refractivity contribution is 9.10. The second-order valence-corrected chi connectivity index (χ2v) is 5.65. The lowest BCUT2D eigenvalue weighted by atomic mass is 10.1. The minimum atomic E-state index is -0.115. The fourth-order valence-corrected chi connectivity index (χ4v) is 2.97. The van der Waals surface area contributed by atoms with Crippen molar-refractivity contribution in [2.24, 2.45) is 0 Å². The molecule has 0 saturated carbocycles. The summed E-state index contributed by atoms with van der Waals surface area (Å²) in [5, 5.41) is 0.884. The first-order chi connectivity index (χ1) is 10.2. The minimum absolute atomic E-state index is 0.115. The van der Waals surface area contributed by atoms with E-state index in [1.54, 1.807) is 6.20 Å². The average Bonchev–Trinajstić information content (AvgIpc) is 3.11. The van der Waals surface area contributed by atoms with E-state index < -0.39 is 0 Å². The maximum atomic E-state index is 12.7. The van der Waals surface area contributed by atoms with Crippen LogP contribution in [-0.2, 0) is 0 Å². The summed E-state index contributed by atoms with van der Waals surface area (Å²) in [6, 6.07) is 13.4. The van der Waals surface area contributed by atoms with Crippen molar-refractivity contribution in [1.82, 2.24) is 15.0 Å². The second-order valence-electron chi connectivity index (χ2n) is 4.80.